The van der Waals surface area contributed by atoms with Crippen molar-refractivity contribution in [3.63, 3.8) is 0 Å². The van der Waals surface area contributed by atoms with Gasteiger partial charge in [0.15, 0.2) is 5.13 Å². The largest absolute Gasteiger partial charge is 0.464 e. The number of carbonyl (C=O) groups is 2. The summed E-state index contributed by atoms with van der Waals surface area (Å²) in [6.45, 7) is 0. The second-order valence-corrected chi connectivity index (χ2v) is 6.07. The Morgan fingerprint density at radius 3 is 2.70 bits per heavy atom. The van der Waals surface area contributed by atoms with Gasteiger partial charge < -0.3 is 9.72 Å². The quantitative estimate of drug-likeness (QED) is 0.657. The number of thiazole rings is 1. The number of anilines is 1. The molecule has 7 nitrogen and oxygen atoms in total. The van der Waals surface area contributed by atoms with Crippen molar-refractivity contribution in [2.24, 2.45) is 0 Å². The highest BCUT2D eigenvalue weighted by molar-refractivity contribution is 7.14. The molecule has 0 atom stereocenters. The fourth-order valence-electron chi connectivity index (χ4n) is 2.10. The number of nitrogens with zero attached hydrogens (tertiary/aromatic N) is 2. The summed E-state index contributed by atoms with van der Waals surface area (Å²) >= 11 is 1.12. The monoisotopic (exact) mass is 396 g/mol. The molecule has 1 amide bonds. The van der Waals surface area contributed by atoms with Crippen LogP contribution in [0.4, 0.5) is 18.3 Å². The Kier molecular flexibility index (Phi) is 4.95. The molecular formula is C16H11F3N4O3S. The molecule has 0 saturated heterocycles. The molecule has 3 heterocycles. The van der Waals surface area contributed by atoms with Gasteiger partial charge in [0.1, 0.15) is 11.4 Å². The first-order valence-electron chi connectivity index (χ1n) is 7.35. The van der Waals surface area contributed by atoms with Crippen molar-refractivity contribution < 1.29 is 27.5 Å². The number of halogens is 3. The van der Waals surface area contributed by atoms with E-state index in [1.807, 2.05) is 0 Å². The first-order valence-corrected chi connectivity index (χ1v) is 8.23. The molecule has 0 radical (unpaired) electrons. The van der Waals surface area contributed by atoms with Gasteiger partial charge in [0.2, 0.25) is 0 Å². The number of hydrogen-bond donors (Lipinski definition) is 2. The molecule has 27 heavy (non-hydrogen) atoms. The van der Waals surface area contributed by atoms with E-state index in [0.717, 1.165) is 29.7 Å². The van der Waals surface area contributed by atoms with Crippen molar-refractivity contribution in [2.75, 3.05) is 12.4 Å². The van der Waals surface area contributed by atoms with Crippen molar-refractivity contribution >= 4 is 28.3 Å². The second-order valence-electron chi connectivity index (χ2n) is 5.22. The standard InChI is InChI=1S/C16H11F3N4O3S/c1-26-14(25)10-4-9(6-20-10)11-7-27-15(22-11)23-13(24)8-2-3-12(21-5-8)16(17,18)19/h2-7,20H,1H3,(H,22,23,24). The van der Waals surface area contributed by atoms with E-state index in [1.54, 1.807) is 17.6 Å². The van der Waals surface area contributed by atoms with Crippen LogP contribution in [0, 0.1) is 0 Å². The van der Waals surface area contributed by atoms with Crippen LogP contribution in [0.5, 0.6) is 0 Å². The van der Waals surface area contributed by atoms with E-state index in [9.17, 15) is 22.8 Å². The van der Waals surface area contributed by atoms with Gasteiger partial charge in [-0.15, -0.1) is 11.3 Å². The van der Waals surface area contributed by atoms with Gasteiger partial charge in [0, 0.05) is 23.3 Å². The highest BCUT2D eigenvalue weighted by atomic mass is 32.1. The first kappa shape index (κ1) is 18.6. The third-order valence-corrected chi connectivity index (χ3v) is 4.18. The minimum atomic E-state index is -4.57. The van der Waals surface area contributed by atoms with Crippen LogP contribution in [0.1, 0.15) is 26.5 Å². The lowest BCUT2D eigenvalue weighted by atomic mass is 10.2. The fraction of sp³-hybridized carbons (Fsp3) is 0.125. The van der Waals surface area contributed by atoms with E-state index >= 15 is 0 Å². The fourth-order valence-corrected chi connectivity index (χ4v) is 2.81. The van der Waals surface area contributed by atoms with Crippen molar-refractivity contribution in [3.05, 3.63) is 52.9 Å². The summed E-state index contributed by atoms with van der Waals surface area (Å²) in [6.07, 6.45) is -2.16. The number of pyridine rings is 1. The number of amides is 1. The zero-order chi connectivity index (χ0) is 19.6. The number of methoxy groups -OCH3 is 1. The summed E-state index contributed by atoms with van der Waals surface area (Å²) in [7, 11) is 1.26. The van der Waals surface area contributed by atoms with E-state index < -0.39 is 23.7 Å². The van der Waals surface area contributed by atoms with Crippen LogP contribution >= 0.6 is 11.3 Å². The number of esters is 1. The molecule has 140 valence electrons. The molecule has 0 spiro atoms. The van der Waals surface area contributed by atoms with E-state index in [-0.39, 0.29) is 16.4 Å². The van der Waals surface area contributed by atoms with Crippen LogP contribution < -0.4 is 5.32 Å². The second kappa shape index (κ2) is 7.19. The van der Waals surface area contributed by atoms with Crippen LogP contribution in [0.2, 0.25) is 0 Å². The number of carbonyl (C=O) groups excluding carboxylic acids is 2. The molecule has 3 rings (SSSR count). The SMILES string of the molecule is COC(=O)c1cc(-c2csc(NC(=O)c3ccc(C(F)(F)F)nc3)n2)c[nH]1. The summed E-state index contributed by atoms with van der Waals surface area (Å²) in [5, 5.41) is 4.40. The molecule has 0 aromatic carbocycles. The summed E-state index contributed by atoms with van der Waals surface area (Å²) in [4.78, 5) is 33.8. The van der Waals surface area contributed by atoms with Gasteiger partial charge in [-0.05, 0) is 18.2 Å². The van der Waals surface area contributed by atoms with E-state index in [4.69, 9.17) is 0 Å². The summed E-state index contributed by atoms with van der Waals surface area (Å²) in [5.41, 5.74) is 0.260. The predicted molar refractivity (Wildman–Crippen MR) is 90.4 cm³/mol. The maximum Gasteiger partial charge on any atom is 0.433 e. The molecule has 0 aliphatic heterocycles. The normalized spacial score (nSPS) is 11.3. The Bertz CT molecular complexity index is 979. The lowest BCUT2D eigenvalue weighted by Gasteiger charge is -2.06. The Labute approximate surface area is 154 Å². The number of alkyl halides is 3. The molecule has 0 aliphatic carbocycles. The Balaban J connectivity index is 1.71. The number of rotatable bonds is 4. The van der Waals surface area contributed by atoms with Crippen molar-refractivity contribution in [3.8, 4) is 11.3 Å². The minimum Gasteiger partial charge on any atom is -0.464 e. The average Bonchev–Trinajstić information content (AvgIpc) is 3.29. The van der Waals surface area contributed by atoms with E-state index in [1.165, 1.54) is 7.11 Å². The molecule has 0 fully saturated rings. The van der Waals surface area contributed by atoms with Gasteiger partial charge in [0.25, 0.3) is 5.91 Å². The number of ether oxygens (including phenoxy) is 1. The molecule has 0 saturated carbocycles. The lowest BCUT2D eigenvalue weighted by molar-refractivity contribution is -0.141. The molecule has 3 aromatic rings. The maximum atomic E-state index is 12.5. The van der Waals surface area contributed by atoms with Gasteiger partial charge >= 0.3 is 12.1 Å². The molecule has 0 bridgehead atoms. The predicted octanol–water partition coefficient (Wildman–Crippen LogP) is 3.59. The Morgan fingerprint density at radius 1 is 1.30 bits per heavy atom. The first-order chi connectivity index (χ1) is 12.8. The Hall–Kier alpha value is -3.21. The maximum absolute atomic E-state index is 12.5. The minimum absolute atomic E-state index is 0.0330. The number of aromatic amines is 1. The number of hydrogen-bond acceptors (Lipinski definition) is 6. The summed E-state index contributed by atoms with van der Waals surface area (Å²) in [6, 6.07) is 3.32. The van der Waals surface area contributed by atoms with Crippen LogP contribution in [-0.2, 0) is 10.9 Å². The Morgan fingerprint density at radius 2 is 2.07 bits per heavy atom. The number of aromatic nitrogens is 3. The van der Waals surface area contributed by atoms with Crippen LogP contribution in [0.15, 0.2) is 36.0 Å². The number of nitrogens with one attached hydrogen (secondary N) is 2. The highest BCUT2D eigenvalue weighted by Crippen LogP contribution is 2.28. The molecular weight excluding hydrogens is 385 g/mol. The number of H-pyrrole nitrogens is 1. The van der Waals surface area contributed by atoms with Crippen LogP contribution in [-0.4, -0.2) is 33.9 Å². The van der Waals surface area contributed by atoms with E-state index in [0.29, 0.717) is 11.3 Å². The molecule has 0 aliphatic rings. The van der Waals surface area contributed by atoms with Gasteiger partial charge in [-0.2, -0.15) is 13.2 Å². The molecule has 3 aromatic heterocycles. The topological polar surface area (TPSA) is 97.0 Å². The van der Waals surface area contributed by atoms with Crippen LogP contribution in [0.25, 0.3) is 11.3 Å². The third kappa shape index (κ3) is 4.14. The van der Waals surface area contributed by atoms with Crippen molar-refractivity contribution in [1.29, 1.82) is 0 Å². The summed E-state index contributed by atoms with van der Waals surface area (Å²) in [5.74, 6) is -1.17. The highest BCUT2D eigenvalue weighted by Gasteiger charge is 2.32. The van der Waals surface area contributed by atoms with Gasteiger partial charge in [-0.3, -0.25) is 15.1 Å². The zero-order valence-corrected chi connectivity index (χ0v) is 14.4. The average molecular weight is 396 g/mol. The molecule has 0 unspecified atom stereocenters. The molecule has 11 heteroatoms. The smallest absolute Gasteiger partial charge is 0.433 e. The molecule has 2 N–H and O–H groups in total. The lowest BCUT2D eigenvalue weighted by Crippen LogP contribution is -2.14. The van der Waals surface area contributed by atoms with Gasteiger partial charge in [0.05, 0.1) is 18.4 Å². The summed E-state index contributed by atoms with van der Waals surface area (Å²) < 4.78 is 42.1. The van der Waals surface area contributed by atoms with E-state index in [2.05, 4.69) is 25.0 Å². The van der Waals surface area contributed by atoms with Crippen molar-refractivity contribution in [2.45, 2.75) is 6.18 Å². The third-order valence-electron chi connectivity index (χ3n) is 3.42. The van der Waals surface area contributed by atoms with Crippen LogP contribution in [0.3, 0.4) is 0 Å². The van der Waals surface area contributed by atoms with Gasteiger partial charge in [-0.25, -0.2) is 9.78 Å². The zero-order valence-electron chi connectivity index (χ0n) is 13.6. The van der Waals surface area contributed by atoms with Gasteiger partial charge in [-0.1, -0.05) is 0 Å². The van der Waals surface area contributed by atoms with Crippen molar-refractivity contribution in [1.82, 2.24) is 15.0 Å².